The second-order valence-corrected chi connectivity index (χ2v) is 6.18. The van der Waals surface area contributed by atoms with Crippen molar-refractivity contribution in [1.82, 2.24) is 5.32 Å². The fourth-order valence-corrected chi connectivity index (χ4v) is 2.41. The number of carbonyl (C=O) groups is 2. The molecular formula is C18H18ClN3O2. The lowest BCUT2D eigenvalue weighted by molar-refractivity contribution is -0.114. The molecular weight excluding hydrogens is 326 g/mol. The zero-order valence-electron chi connectivity index (χ0n) is 13.0. The molecule has 0 bridgehead atoms. The van der Waals surface area contributed by atoms with Crippen molar-refractivity contribution in [1.29, 1.82) is 0 Å². The van der Waals surface area contributed by atoms with Crippen LogP contribution in [0.4, 0.5) is 11.4 Å². The third-order valence-corrected chi connectivity index (χ3v) is 3.83. The summed E-state index contributed by atoms with van der Waals surface area (Å²) in [6.07, 6.45) is 2.08. The van der Waals surface area contributed by atoms with E-state index >= 15 is 0 Å². The van der Waals surface area contributed by atoms with E-state index < -0.39 is 0 Å². The van der Waals surface area contributed by atoms with E-state index in [2.05, 4.69) is 16.0 Å². The van der Waals surface area contributed by atoms with Gasteiger partial charge in [0.15, 0.2) is 0 Å². The van der Waals surface area contributed by atoms with Crippen LogP contribution in [-0.2, 0) is 4.79 Å². The van der Waals surface area contributed by atoms with Gasteiger partial charge in [0, 0.05) is 28.0 Å². The molecule has 0 unspecified atom stereocenters. The highest BCUT2D eigenvalue weighted by Gasteiger charge is 2.23. The number of benzene rings is 2. The lowest BCUT2D eigenvalue weighted by Crippen LogP contribution is -2.26. The van der Waals surface area contributed by atoms with Crippen molar-refractivity contribution in [3.05, 3.63) is 59.1 Å². The number of rotatable bonds is 6. The minimum atomic E-state index is -0.199. The largest absolute Gasteiger partial charge is 0.376 e. The standard InChI is InChI=1S/C18H18ClN3O2/c19-13-4-2-5-15(10-13)20-11-17(23)21-16-6-1-3-12(9-16)18(24)22-14-7-8-14/h1-6,9-10,14,20H,7-8,11H2,(H,21,23)(H,22,24). The van der Waals surface area contributed by atoms with Crippen LogP contribution in [0.2, 0.25) is 5.02 Å². The molecule has 0 heterocycles. The van der Waals surface area contributed by atoms with Gasteiger partial charge in [-0.3, -0.25) is 9.59 Å². The van der Waals surface area contributed by atoms with Gasteiger partial charge in [-0.15, -0.1) is 0 Å². The van der Waals surface area contributed by atoms with Gasteiger partial charge in [-0.2, -0.15) is 0 Å². The van der Waals surface area contributed by atoms with Crippen LogP contribution in [-0.4, -0.2) is 24.4 Å². The van der Waals surface area contributed by atoms with Crippen LogP contribution >= 0.6 is 11.6 Å². The van der Waals surface area contributed by atoms with E-state index in [1.165, 1.54) is 0 Å². The van der Waals surface area contributed by atoms with Crippen LogP contribution in [0.15, 0.2) is 48.5 Å². The summed E-state index contributed by atoms with van der Waals surface area (Å²) < 4.78 is 0. The molecule has 1 fully saturated rings. The Morgan fingerprint density at radius 3 is 2.54 bits per heavy atom. The second kappa shape index (κ2) is 7.36. The van der Waals surface area contributed by atoms with Crippen molar-refractivity contribution in [3.63, 3.8) is 0 Å². The number of hydrogen-bond acceptors (Lipinski definition) is 3. The third kappa shape index (κ3) is 4.73. The highest BCUT2D eigenvalue weighted by atomic mass is 35.5. The predicted octanol–water partition coefficient (Wildman–Crippen LogP) is 3.28. The molecule has 3 rings (SSSR count). The molecule has 6 heteroatoms. The molecule has 5 nitrogen and oxygen atoms in total. The van der Waals surface area contributed by atoms with Gasteiger partial charge in [0.05, 0.1) is 6.54 Å². The minimum Gasteiger partial charge on any atom is -0.376 e. The molecule has 124 valence electrons. The quantitative estimate of drug-likeness (QED) is 0.753. The van der Waals surface area contributed by atoms with E-state index in [9.17, 15) is 9.59 Å². The van der Waals surface area contributed by atoms with Crippen molar-refractivity contribution in [2.45, 2.75) is 18.9 Å². The van der Waals surface area contributed by atoms with Gasteiger partial charge in [0.1, 0.15) is 0 Å². The van der Waals surface area contributed by atoms with Crippen LogP contribution in [0.25, 0.3) is 0 Å². The number of amides is 2. The van der Waals surface area contributed by atoms with Gasteiger partial charge in [0.2, 0.25) is 5.91 Å². The highest BCUT2D eigenvalue weighted by molar-refractivity contribution is 6.30. The van der Waals surface area contributed by atoms with E-state index in [0.717, 1.165) is 18.5 Å². The zero-order chi connectivity index (χ0) is 16.9. The maximum absolute atomic E-state index is 12.0. The van der Waals surface area contributed by atoms with Crippen molar-refractivity contribution < 1.29 is 9.59 Å². The Bertz CT molecular complexity index is 759. The first-order chi connectivity index (χ1) is 11.6. The minimum absolute atomic E-state index is 0.106. The summed E-state index contributed by atoms with van der Waals surface area (Å²) in [7, 11) is 0. The number of anilines is 2. The molecule has 0 aliphatic heterocycles. The molecule has 0 saturated heterocycles. The summed E-state index contributed by atoms with van der Waals surface area (Å²) in [4.78, 5) is 24.1. The van der Waals surface area contributed by atoms with Gasteiger partial charge in [-0.05, 0) is 49.2 Å². The summed E-state index contributed by atoms with van der Waals surface area (Å²) in [5, 5.41) is 9.31. The first-order valence-electron chi connectivity index (χ1n) is 7.80. The lowest BCUT2D eigenvalue weighted by atomic mass is 10.2. The summed E-state index contributed by atoms with van der Waals surface area (Å²) >= 11 is 5.90. The topological polar surface area (TPSA) is 70.2 Å². The first kappa shape index (κ1) is 16.3. The summed E-state index contributed by atoms with van der Waals surface area (Å²) in [6, 6.07) is 14.4. The lowest BCUT2D eigenvalue weighted by Gasteiger charge is -2.09. The smallest absolute Gasteiger partial charge is 0.251 e. The Kier molecular flexibility index (Phi) is 5.01. The van der Waals surface area contributed by atoms with Crippen LogP contribution in [0, 0.1) is 0 Å². The van der Waals surface area contributed by atoms with Crippen molar-refractivity contribution in [2.24, 2.45) is 0 Å². The molecule has 1 aliphatic rings. The fraction of sp³-hybridized carbons (Fsp3) is 0.222. The number of nitrogens with one attached hydrogen (secondary N) is 3. The zero-order valence-corrected chi connectivity index (χ0v) is 13.8. The Labute approximate surface area is 145 Å². The molecule has 0 atom stereocenters. The van der Waals surface area contributed by atoms with E-state index in [4.69, 9.17) is 11.6 Å². The maximum Gasteiger partial charge on any atom is 0.251 e. The van der Waals surface area contributed by atoms with E-state index in [0.29, 0.717) is 22.3 Å². The Morgan fingerprint density at radius 1 is 1.04 bits per heavy atom. The van der Waals surface area contributed by atoms with Gasteiger partial charge in [-0.1, -0.05) is 23.7 Å². The molecule has 0 aromatic heterocycles. The number of carbonyl (C=O) groups excluding carboxylic acids is 2. The Balaban J connectivity index is 1.54. The summed E-state index contributed by atoms with van der Waals surface area (Å²) in [6.45, 7) is 0.110. The molecule has 2 amide bonds. The van der Waals surface area contributed by atoms with E-state index in [1.54, 1.807) is 36.4 Å². The molecule has 1 aliphatic carbocycles. The van der Waals surface area contributed by atoms with Crippen LogP contribution < -0.4 is 16.0 Å². The molecule has 1 saturated carbocycles. The molecule has 2 aromatic rings. The first-order valence-corrected chi connectivity index (χ1v) is 8.18. The average Bonchev–Trinajstić information content (AvgIpc) is 3.37. The Morgan fingerprint density at radius 2 is 1.79 bits per heavy atom. The molecule has 0 radical (unpaired) electrons. The van der Waals surface area contributed by atoms with Gasteiger partial charge < -0.3 is 16.0 Å². The van der Waals surface area contributed by atoms with E-state index in [1.807, 2.05) is 12.1 Å². The second-order valence-electron chi connectivity index (χ2n) is 5.74. The molecule has 0 spiro atoms. The monoisotopic (exact) mass is 343 g/mol. The van der Waals surface area contributed by atoms with E-state index in [-0.39, 0.29) is 18.4 Å². The highest BCUT2D eigenvalue weighted by Crippen LogP contribution is 2.20. The molecule has 24 heavy (non-hydrogen) atoms. The maximum atomic E-state index is 12.0. The van der Waals surface area contributed by atoms with Crippen molar-refractivity contribution in [3.8, 4) is 0 Å². The van der Waals surface area contributed by atoms with Crippen LogP contribution in [0.5, 0.6) is 0 Å². The number of halogens is 1. The summed E-state index contributed by atoms with van der Waals surface area (Å²) in [5.41, 5.74) is 1.91. The van der Waals surface area contributed by atoms with Crippen molar-refractivity contribution in [2.75, 3.05) is 17.2 Å². The van der Waals surface area contributed by atoms with Gasteiger partial charge in [0.25, 0.3) is 5.91 Å². The average molecular weight is 344 g/mol. The van der Waals surface area contributed by atoms with Crippen LogP contribution in [0.1, 0.15) is 23.2 Å². The molecule has 2 aromatic carbocycles. The normalized spacial score (nSPS) is 13.2. The summed E-state index contributed by atoms with van der Waals surface area (Å²) in [5.74, 6) is -0.305. The van der Waals surface area contributed by atoms with Crippen molar-refractivity contribution >= 4 is 34.8 Å². The van der Waals surface area contributed by atoms with Gasteiger partial charge in [-0.25, -0.2) is 0 Å². The fourth-order valence-electron chi connectivity index (χ4n) is 2.22. The SMILES string of the molecule is O=C(CNc1cccc(Cl)c1)Nc1cccc(C(=O)NC2CC2)c1. The van der Waals surface area contributed by atoms with Gasteiger partial charge >= 0.3 is 0 Å². The third-order valence-electron chi connectivity index (χ3n) is 3.60. The van der Waals surface area contributed by atoms with Crippen LogP contribution in [0.3, 0.4) is 0 Å². The predicted molar refractivity (Wildman–Crippen MR) is 95.5 cm³/mol. The Hall–Kier alpha value is -2.53. The molecule has 3 N–H and O–H groups in total. The number of hydrogen-bond donors (Lipinski definition) is 3.